The number of hydrogen-bond acceptors (Lipinski definition) is 4. The second-order valence-corrected chi connectivity index (χ2v) is 6.78. The Morgan fingerprint density at radius 2 is 1.75 bits per heavy atom. The highest BCUT2D eigenvalue weighted by Gasteiger charge is 2.10. The maximum Gasteiger partial charge on any atom is 0.311 e. The molecule has 4 nitrogen and oxygen atoms in total. The quantitative estimate of drug-likeness (QED) is 0.333. The topological polar surface area (TPSA) is 52.6 Å². The Kier molecular flexibility index (Phi) is 9.46. The number of esters is 2. The van der Waals surface area contributed by atoms with Crippen LogP contribution in [-0.4, -0.2) is 18.5 Å². The Morgan fingerprint density at radius 1 is 1.08 bits per heavy atom. The summed E-state index contributed by atoms with van der Waals surface area (Å²) in [4.78, 5) is 23.3. The lowest BCUT2D eigenvalue weighted by Crippen LogP contribution is -2.09. The molecular formula is C19H27ClO4. The van der Waals surface area contributed by atoms with Crippen LogP contribution in [0.5, 0.6) is 5.75 Å². The zero-order chi connectivity index (χ0) is 17.9. The third-order valence-electron chi connectivity index (χ3n) is 3.51. The standard InChI is InChI=1S/C19H27ClO4/c1-14(2)7-6-12-23-18(21)8-4-5-9-19(22)24-17-13-15(3)10-11-16(17)20/h10-11,13-14H,4-9,12H2,1-3H3. The molecule has 134 valence electrons. The summed E-state index contributed by atoms with van der Waals surface area (Å²) in [5.74, 6) is 0.463. The Bertz CT molecular complexity index is 540. The molecule has 0 saturated heterocycles. The molecule has 0 amide bonds. The van der Waals surface area contributed by atoms with Crippen molar-refractivity contribution < 1.29 is 19.1 Å². The number of rotatable bonds is 10. The summed E-state index contributed by atoms with van der Waals surface area (Å²) in [6.07, 6.45) is 3.74. The molecule has 0 aliphatic heterocycles. The molecule has 0 aliphatic carbocycles. The molecular weight excluding hydrogens is 328 g/mol. The van der Waals surface area contributed by atoms with Crippen LogP contribution in [0.1, 0.15) is 57.9 Å². The molecule has 0 N–H and O–H groups in total. The van der Waals surface area contributed by atoms with Crippen LogP contribution >= 0.6 is 11.6 Å². The summed E-state index contributed by atoms with van der Waals surface area (Å²) in [7, 11) is 0. The monoisotopic (exact) mass is 354 g/mol. The summed E-state index contributed by atoms with van der Waals surface area (Å²) in [6.45, 7) is 6.67. The lowest BCUT2D eigenvalue weighted by Gasteiger charge is -2.08. The number of aryl methyl sites for hydroxylation is 1. The highest BCUT2D eigenvalue weighted by molar-refractivity contribution is 6.32. The van der Waals surface area contributed by atoms with Gasteiger partial charge in [-0.15, -0.1) is 0 Å². The van der Waals surface area contributed by atoms with Gasteiger partial charge in [0.25, 0.3) is 0 Å². The van der Waals surface area contributed by atoms with Crippen LogP contribution in [0, 0.1) is 12.8 Å². The van der Waals surface area contributed by atoms with Crippen molar-refractivity contribution in [2.45, 2.75) is 59.3 Å². The second-order valence-electron chi connectivity index (χ2n) is 6.37. The Labute approximate surface area is 149 Å². The Balaban J connectivity index is 2.15. The molecule has 0 radical (unpaired) electrons. The van der Waals surface area contributed by atoms with Crippen LogP contribution in [0.2, 0.25) is 5.02 Å². The van der Waals surface area contributed by atoms with Gasteiger partial charge in [0.2, 0.25) is 0 Å². The van der Waals surface area contributed by atoms with Crippen LogP contribution in [-0.2, 0) is 14.3 Å². The largest absolute Gasteiger partial charge is 0.466 e. The number of ether oxygens (including phenoxy) is 2. The number of unbranched alkanes of at least 4 members (excludes halogenated alkanes) is 1. The van der Waals surface area contributed by atoms with E-state index in [2.05, 4.69) is 13.8 Å². The summed E-state index contributed by atoms with van der Waals surface area (Å²) in [5.41, 5.74) is 0.974. The molecule has 0 bridgehead atoms. The van der Waals surface area contributed by atoms with Gasteiger partial charge in [-0.3, -0.25) is 9.59 Å². The van der Waals surface area contributed by atoms with E-state index in [-0.39, 0.29) is 18.4 Å². The van der Waals surface area contributed by atoms with E-state index >= 15 is 0 Å². The van der Waals surface area contributed by atoms with E-state index in [1.165, 1.54) is 0 Å². The van der Waals surface area contributed by atoms with Crippen LogP contribution < -0.4 is 4.74 Å². The Hall–Kier alpha value is -1.55. The first kappa shape index (κ1) is 20.5. The average molecular weight is 355 g/mol. The summed E-state index contributed by atoms with van der Waals surface area (Å²) >= 11 is 5.98. The number of carbonyl (C=O) groups excluding carboxylic acids is 2. The maximum absolute atomic E-state index is 11.8. The van der Waals surface area contributed by atoms with Crippen molar-refractivity contribution in [2.24, 2.45) is 5.92 Å². The van der Waals surface area contributed by atoms with E-state index in [4.69, 9.17) is 21.1 Å². The Morgan fingerprint density at radius 3 is 2.42 bits per heavy atom. The van der Waals surface area contributed by atoms with E-state index in [0.29, 0.717) is 42.6 Å². The van der Waals surface area contributed by atoms with E-state index < -0.39 is 0 Å². The first-order valence-electron chi connectivity index (χ1n) is 8.51. The molecule has 5 heteroatoms. The fraction of sp³-hybridized carbons (Fsp3) is 0.579. The zero-order valence-electron chi connectivity index (χ0n) is 14.8. The molecule has 0 atom stereocenters. The molecule has 1 aromatic rings. The smallest absolute Gasteiger partial charge is 0.311 e. The molecule has 0 spiro atoms. The predicted octanol–water partition coefficient (Wildman–Crippen LogP) is 5.09. The van der Waals surface area contributed by atoms with Gasteiger partial charge < -0.3 is 9.47 Å². The second kappa shape index (κ2) is 11.1. The molecule has 1 aromatic carbocycles. The van der Waals surface area contributed by atoms with E-state index in [0.717, 1.165) is 18.4 Å². The SMILES string of the molecule is Cc1ccc(Cl)c(OC(=O)CCCCC(=O)OCCCC(C)C)c1. The zero-order valence-corrected chi connectivity index (χ0v) is 15.5. The van der Waals surface area contributed by atoms with Crippen molar-refractivity contribution in [3.63, 3.8) is 0 Å². The maximum atomic E-state index is 11.8. The van der Waals surface area contributed by atoms with Crippen molar-refractivity contribution in [1.82, 2.24) is 0 Å². The molecule has 0 saturated carbocycles. The van der Waals surface area contributed by atoms with Crippen molar-refractivity contribution in [2.75, 3.05) is 6.61 Å². The minimum atomic E-state index is -0.340. The van der Waals surface area contributed by atoms with Crippen LogP contribution in [0.3, 0.4) is 0 Å². The lowest BCUT2D eigenvalue weighted by molar-refractivity contribution is -0.144. The third kappa shape index (κ3) is 8.92. The fourth-order valence-corrected chi connectivity index (χ4v) is 2.31. The normalized spacial score (nSPS) is 10.7. The highest BCUT2D eigenvalue weighted by Crippen LogP contribution is 2.25. The molecule has 0 fully saturated rings. The molecule has 24 heavy (non-hydrogen) atoms. The lowest BCUT2D eigenvalue weighted by atomic mass is 10.1. The van der Waals surface area contributed by atoms with Gasteiger partial charge in [-0.05, 0) is 56.2 Å². The summed E-state index contributed by atoms with van der Waals surface area (Å²) in [5, 5.41) is 0.416. The summed E-state index contributed by atoms with van der Waals surface area (Å²) < 4.78 is 10.4. The number of hydrogen-bond donors (Lipinski definition) is 0. The first-order valence-corrected chi connectivity index (χ1v) is 8.88. The minimum Gasteiger partial charge on any atom is -0.466 e. The van der Waals surface area contributed by atoms with Gasteiger partial charge in [-0.1, -0.05) is 31.5 Å². The van der Waals surface area contributed by atoms with Crippen LogP contribution in [0.25, 0.3) is 0 Å². The average Bonchev–Trinajstić information content (AvgIpc) is 2.51. The molecule has 1 rings (SSSR count). The first-order chi connectivity index (χ1) is 11.4. The van der Waals surface area contributed by atoms with Crippen LogP contribution in [0.4, 0.5) is 0 Å². The number of carbonyl (C=O) groups is 2. The number of halogens is 1. The molecule has 0 aliphatic rings. The van der Waals surface area contributed by atoms with Crippen molar-refractivity contribution in [1.29, 1.82) is 0 Å². The number of benzene rings is 1. The predicted molar refractivity (Wildman–Crippen MR) is 95.3 cm³/mol. The highest BCUT2D eigenvalue weighted by atomic mass is 35.5. The minimum absolute atomic E-state index is 0.200. The van der Waals surface area contributed by atoms with Crippen molar-refractivity contribution >= 4 is 23.5 Å². The van der Waals surface area contributed by atoms with Crippen molar-refractivity contribution in [3.05, 3.63) is 28.8 Å². The van der Waals surface area contributed by atoms with E-state index in [1.54, 1.807) is 12.1 Å². The molecule has 0 aromatic heterocycles. The fourth-order valence-electron chi connectivity index (χ4n) is 2.15. The van der Waals surface area contributed by atoms with E-state index in [9.17, 15) is 9.59 Å². The van der Waals surface area contributed by atoms with Gasteiger partial charge in [0.05, 0.1) is 11.6 Å². The molecule has 0 heterocycles. The van der Waals surface area contributed by atoms with Crippen molar-refractivity contribution in [3.8, 4) is 5.75 Å². The van der Waals surface area contributed by atoms with Gasteiger partial charge in [0, 0.05) is 12.8 Å². The van der Waals surface area contributed by atoms with Gasteiger partial charge in [0.15, 0.2) is 0 Å². The van der Waals surface area contributed by atoms with Gasteiger partial charge >= 0.3 is 11.9 Å². The van der Waals surface area contributed by atoms with Gasteiger partial charge in [0.1, 0.15) is 5.75 Å². The summed E-state index contributed by atoms with van der Waals surface area (Å²) in [6, 6.07) is 5.29. The molecule has 0 unspecified atom stereocenters. The van der Waals surface area contributed by atoms with E-state index in [1.807, 2.05) is 13.0 Å². The van der Waals surface area contributed by atoms with Gasteiger partial charge in [-0.2, -0.15) is 0 Å². The van der Waals surface area contributed by atoms with Gasteiger partial charge in [-0.25, -0.2) is 0 Å². The third-order valence-corrected chi connectivity index (χ3v) is 3.82. The van der Waals surface area contributed by atoms with Crippen LogP contribution in [0.15, 0.2) is 18.2 Å².